The van der Waals surface area contributed by atoms with Gasteiger partial charge in [0.2, 0.25) is 0 Å². The largest absolute Gasteiger partial charge is 0.508 e. The number of ether oxygens (including phenoxy) is 2. The van der Waals surface area contributed by atoms with Crippen LogP contribution in [-0.2, 0) is 16.0 Å². The van der Waals surface area contributed by atoms with E-state index in [2.05, 4.69) is 40.3 Å². The molecule has 1 aromatic rings. The van der Waals surface area contributed by atoms with Crippen LogP contribution >= 0.6 is 0 Å². The van der Waals surface area contributed by atoms with Gasteiger partial charge in [-0.2, -0.15) is 0 Å². The number of aryl methyl sites for hydroxylation is 2. The van der Waals surface area contributed by atoms with Crippen LogP contribution in [0, 0.1) is 18.3 Å². The second kappa shape index (κ2) is 9.95. The Balaban J connectivity index is 1.55. The first-order valence-electron chi connectivity index (χ1n) is 12.4. The van der Waals surface area contributed by atoms with Gasteiger partial charge in [0.05, 0.1) is 0 Å². The summed E-state index contributed by atoms with van der Waals surface area (Å²) < 4.78 is 12.1. The quantitative estimate of drug-likeness (QED) is 0.349. The zero-order valence-electron chi connectivity index (χ0n) is 21.4. The second-order valence-electron chi connectivity index (χ2n) is 11.1. The molecule has 1 aliphatic carbocycles. The van der Waals surface area contributed by atoms with E-state index in [1.54, 1.807) is 6.07 Å². The Kier molecular flexibility index (Phi) is 7.65. The first-order valence-corrected chi connectivity index (χ1v) is 12.4. The van der Waals surface area contributed by atoms with Crippen molar-refractivity contribution in [2.75, 3.05) is 0 Å². The lowest BCUT2D eigenvalue weighted by Crippen LogP contribution is -2.43. The number of aromatic hydroxyl groups is 1. The lowest BCUT2D eigenvalue weighted by molar-refractivity contribution is -0.156. The first-order chi connectivity index (χ1) is 15.4. The molecule has 0 aromatic heterocycles. The van der Waals surface area contributed by atoms with Crippen LogP contribution in [0.5, 0.6) is 11.5 Å². The highest BCUT2D eigenvalue weighted by atomic mass is 16.5. The molecule has 33 heavy (non-hydrogen) atoms. The van der Waals surface area contributed by atoms with Crippen LogP contribution in [0.25, 0.3) is 0 Å². The van der Waals surface area contributed by atoms with Crippen molar-refractivity contribution in [1.82, 2.24) is 0 Å². The summed E-state index contributed by atoms with van der Waals surface area (Å²) in [5.41, 5.74) is 4.53. The van der Waals surface area contributed by atoms with E-state index in [9.17, 15) is 9.90 Å². The maximum Gasteiger partial charge on any atom is 0.302 e. The zero-order valence-corrected chi connectivity index (χ0v) is 21.4. The van der Waals surface area contributed by atoms with E-state index in [-0.39, 0.29) is 23.1 Å². The Labute approximate surface area is 200 Å². The van der Waals surface area contributed by atoms with Crippen molar-refractivity contribution in [3.05, 3.63) is 47.1 Å². The monoisotopic (exact) mass is 454 g/mol. The summed E-state index contributed by atoms with van der Waals surface area (Å²) in [5, 5.41) is 9.86. The standard InChI is InChI=1S/C29H42O4/c1-19(10-12-25-20(2)11-13-26(28(25,5)6)32-22(4)30)9-8-15-29(7)16-14-23-18-24(31)17-21(3)27(23)33-29/h9,17-18,25-26,31H,2,8,10-16H2,1,3-7H3/b19-9+/t25-,26+,29+/m0/s1. The highest BCUT2D eigenvalue weighted by Crippen LogP contribution is 2.47. The molecule has 3 atom stereocenters. The minimum atomic E-state index is -0.191. The molecule has 0 saturated heterocycles. The lowest BCUT2D eigenvalue weighted by atomic mass is 9.63. The number of benzene rings is 1. The van der Waals surface area contributed by atoms with Gasteiger partial charge < -0.3 is 14.6 Å². The van der Waals surface area contributed by atoms with Gasteiger partial charge in [-0.05, 0) is 101 Å². The van der Waals surface area contributed by atoms with Crippen molar-refractivity contribution in [3.8, 4) is 11.5 Å². The van der Waals surface area contributed by atoms with E-state index in [1.165, 1.54) is 18.1 Å². The smallest absolute Gasteiger partial charge is 0.302 e. The molecule has 182 valence electrons. The summed E-state index contributed by atoms with van der Waals surface area (Å²) in [5.74, 6) is 1.43. The van der Waals surface area contributed by atoms with Crippen molar-refractivity contribution >= 4 is 5.97 Å². The summed E-state index contributed by atoms with van der Waals surface area (Å²) in [7, 11) is 0. The molecule has 0 unspecified atom stereocenters. The number of hydrogen-bond acceptors (Lipinski definition) is 4. The molecule has 2 aliphatic rings. The number of carbonyl (C=O) groups excluding carboxylic acids is 1. The predicted octanol–water partition coefficient (Wildman–Crippen LogP) is 7.22. The number of fused-ring (bicyclic) bond motifs is 1. The van der Waals surface area contributed by atoms with Gasteiger partial charge in [0.25, 0.3) is 0 Å². The highest BCUT2D eigenvalue weighted by molar-refractivity contribution is 5.66. The lowest BCUT2D eigenvalue weighted by Gasteiger charge is -2.45. The zero-order chi connectivity index (χ0) is 24.4. The minimum Gasteiger partial charge on any atom is -0.508 e. The van der Waals surface area contributed by atoms with E-state index in [4.69, 9.17) is 9.47 Å². The third kappa shape index (κ3) is 6.02. The van der Waals surface area contributed by atoms with Crippen molar-refractivity contribution in [2.45, 2.75) is 105 Å². The van der Waals surface area contributed by atoms with Crippen LogP contribution in [0.1, 0.15) is 90.7 Å². The van der Waals surface area contributed by atoms with Crippen LogP contribution in [0.2, 0.25) is 0 Å². The molecule has 0 bridgehead atoms. The summed E-state index contributed by atoms with van der Waals surface area (Å²) >= 11 is 0. The average molecular weight is 455 g/mol. The van der Waals surface area contributed by atoms with Crippen LogP contribution in [0.4, 0.5) is 0 Å². The van der Waals surface area contributed by atoms with E-state index in [0.717, 1.165) is 68.2 Å². The summed E-state index contributed by atoms with van der Waals surface area (Å²) in [4.78, 5) is 11.6. The number of carbonyl (C=O) groups is 1. The normalized spacial score (nSPS) is 27.0. The molecule has 3 rings (SSSR count). The number of phenols is 1. The van der Waals surface area contributed by atoms with Crippen molar-refractivity contribution < 1.29 is 19.4 Å². The number of hydrogen-bond donors (Lipinski definition) is 1. The van der Waals surface area contributed by atoms with E-state index < -0.39 is 0 Å². The molecular weight excluding hydrogens is 412 g/mol. The summed E-state index contributed by atoms with van der Waals surface area (Å²) in [6, 6.07) is 3.61. The molecule has 1 heterocycles. The Morgan fingerprint density at radius 3 is 2.70 bits per heavy atom. The number of allylic oxidation sites excluding steroid dienone is 3. The summed E-state index contributed by atoms with van der Waals surface area (Å²) in [6.45, 7) is 16.7. The molecule has 1 N–H and O–H groups in total. The molecule has 1 aliphatic heterocycles. The van der Waals surface area contributed by atoms with Crippen LogP contribution < -0.4 is 4.74 Å². The third-order valence-corrected chi connectivity index (χ3v) is 7.86. The maximum atomic E-state index is 11.6. The van der Waals surface area contributed by atoms with Crippen molar-refractivity contribution in [1.29, 1.82) is 0 Å². The molecule has 4 heteroatoms. The topological polar surface area (TPSA) is 55.8 Å². The molecule has 0 spiro atoms. The van der Waals surface area contributed by atoms with Gasteiger partial charge >= 0.3 is 5.97 Å². The van der Waals surface area contributed by atoms with Crippen molar-refractivity contribution in [3.63, 3.8) is 0 Å². The predicted molar refractivity (Wildman–Crippen MR) is 134 cm³/mol. The van der Waals surface area contributed by atoms with Gasteiger partial charge in [0.1, 0.15) is 23.2 Å². The fourth-order valence-electron chi connectivity index (χ4n) is 5.73. The molecule has 4 nitrogen and oxygen atoms in total. The van der Waals surface area contributed by atoms with Gasteiger partial charge in [0, 0.05) is 12.3 Å². The minimum absolute atomic E-state index is 0.0357. The highest BCUT2D eigenvalue weighted by Gasteiger charge is 2.43. The Morgan fingerprint density at radius 1 is 1.27 bits per heavy atom. The van der Waals surface area contributed by atoms with Gasteiger partial charge in [-0.15, -0.1) is 0 Å². The second-order valence-corrected chi connectivity index (χ2v) is 11.1. The molecule has 1 aromatic carbocycles. The average Bonchev–Trinajstić information content (AvgIpc) is 2.70. The van der Waals surface area contributed by atoms with E-state index >= 15 is 0 Å². The Bertz CT molecular complexity index is 926. The molecule has 0 amide bonds. The van der Waals surface area contributed by atoms with Crippen molar-refractivity contribution in [2.24, 2.45) is 11.3 Å². The molecule has 0 radical (unpaired) electrons. The fraction of sp³-hybridized carbons (Fsp3) is 0.621. The van der Waals surface area contributed by atoms with Gasteiger partial charge in [0.15, 0.2) is 0 Å². The molecular formula is C29H42O4. The third-order valence-electron chi connectivity index (χ3n) is 7.86. The Morgan fingerprint density at radius 2 is 2.00 bits per heavy atom. The first kappa shape index (κ1) is 25.4. The van der Waals surface area contributed by atoms with Crippen LogP contribution in [0.15, 0.2) is 35.9 Å². The Hall–Kier alpha value is -2.23. The van der Waals surface area contributed by atoms with E-state index in [1.807, 2.05) is 13.0 Å². The van der Waals surface area contributed by atoms with Crippen LogP contribution in [-0.4, -0.2) is 22.8 Å². The number of phenolic OH excluding ortho intramolecular Hbond substituents is 1. The number of esters is 1. The van der Waals surface area contributed by atoms with E-state index in [0.29, 0.717) is 11.7 Å². The van der Waals surface area contributed by atoms with Gasteiger partial charge in [-0.25, -0.2) is 0 Å². The van der Waals surface area contributed by atoms with Gasteiger partial charge in [-0.1, -0.05) is 37.6 Å². The molecule has 1 saturated carbocycles. The SMILES string of the molecule is C=C1CC[C@@H](OC(C)=O)C(C)(C)[C@H]1CC/C(C)=C/CC[C@]1(C)CCc2cc(O)cc(C)c2O1. The number of rotatable bonds is 7. The van der Waals surface area contributed by atoms with Gasteiger partial charge in [-0.3, -0.25) is 4.79 Å². The summed E-state index contributed by atoms with van der Waals surface area (Å²) in [6.07, 6.45) is 10.0. The maximum absolute atomic E-state index is 11.6. The fourth-order valence-corrected chi connectivity index (χ4v) is 5.73. The molecule has 1 fully saturated rings. The van der Waals surface area contributed by atoms with Crippen LogP contribution in [0.3, 0.4) is 0 Å².